The molecule has 0 saturated heterocycles. The maximum atomic E-state index is 5.72. The molecule has 0 aromatic heterocycles. The minimum Gasteiger partial charge on any atom is -0.0843 e. The third kappa shape index (κ3) is 5.70. The van der Waals surface area contributed by atoms with Gasteiger partial charge in [0.05, 0.1) is 0 Å². The van der Waals surface area contributed by atoms with Crippen molar-refractivity contribution in [2.45, 2.75) is 41.0 Å². The van der Waals surface area contributed by atoms with Crippen molar-refractivity contribution >= 4 is 11.6 Å². The second-order valence-electron chi connectivity index (χ2n) is 2.71. The van der Waals surface area contributed by atoms with E-state index in [0.717, 1.165) is 5.02 Å². The fourth-order valence-corrected chi connectivity index (χ4v) is 0.974. The van der Waals surface area contributed by atoms with E-state index in [0.29, 0.717) is 5.92 Å². The topological polar surface area (TPSA) is 0 Å². The highest BCUT2D eigenvalue weighted by Gasteiger charge is 1.96. The summed E-state index contributed by atoms with van der Waals surface area (Å²) in [5.74, 6) is 0.595. The van der Waals surface area contributed by atoms with E-state index in [1.165, 1.54) is 5.56 Å². The first kappa shape index (κ1) is 15.0. The molecule has 0 saturated carbocycles. The normalized spacial score (nSPS) is 8.46. The molecule has 1 aromatic rings. The number of hydrogen-bond acceptors (Lipinski definition) is 0. The summed E-state index contributed by atoms with van der Waals surface area (Å²) in [6, 6.07) is 7.98. The SMILES string of the molecule is C.CC.CC(C)c1ccc(Cl)cc1. The van der Waals surface area contributed by atoms with E-state index >= 15 is 0 Å². The van der Waals surface area contributed by atoms with Crippen LogP contribution in [0.4, 0.5) is 0 Å². The molecule has 0 heterocycles. The maximum absolute atomic E-state index is 5.72. The van der Waals surface area contributed by atoms with Gasteiger partial charge in [0.2, 0.25) is 0 Å². The molecule has 0 unspecified atom stereocenters. The summed E-state index contributed by atoms with van der Waals surface area (Å²) in [6.45, 7) is 8.34. The van der Waals surface area contributed by atoms with E-state index < -0.39 is 0 Å². The van der Waals surface area contributed by atoms with E-state index in [9.17, 15) is 0 Å². The molecule has 1 heteroatoms. The molecule has 0 bridgehead atoms. The van der Waals surface area contributed by atoms with Crippen molar-refractivity contribution in [3.8, 4) is 0 Å². The molecule has 0 aliphatic rings. The van der Waals surface area contributed by atoms with Gasteiger partial charge in [0.25, 0.3) is 0 Å². The van der Waals surface area contributed by atoms with Crippen molar-refractivity contribution < 1.29 is 0 Å². The van der Waals surface area contributed by atoms with Gasteiger partial charge in [-0.2, -0.15) is 0 Å². The Morgan fingerprint density at radius 2 is 1.38 bits per heavy atom. The Morgan fingerprint density at radius 3 is 1.69 bits per heavy atom. The van der Waals surface area contributed by atoms with Crippen LogP contribution >= 0.6 is 11.6 Å². The van der Waals surface area contributed by atoms with Crippen LogP contribution in [0.3, 0.4) is 0 Å². The Hall–Kier alpha value is -0.490. The Bertz CT molecular complexity index is 199. The highest BCUT2D eigenvalue weighted by molar-refractivity contribution is 6.30. The van der Waals surface area contributed by atoms with Crippen molar-refractivity contribution in [2.24, 2.45) is 0 Å². The first-order chi connectivity index (χ1) is 5.70. The Balaban J connectivity index is 0. The predicted molar refractivity (Wildman–Crippen MR) is 63.6 cm³/mol. The van der Waals surface area contributed by atoms with Crippen LogP contribution in [0.1, 0.15) is 46.6 Å². The van der Waals surface area contributed by atoms with Crippen LogP contribution in [0, 0.1) is 0 Å². The lowest BCUT2D eigenvalue weighted by atomic mass is 10.0. The van der Waals surface area contributed by atoms with Crippen LogP contribution in [0.15, 0.2) is 24.3 Å². The molecule has 0 spiro atoms. The Kier molecular flexibility index (Phi) is 9.38. The molecule has 0 amide bonds. The average molecular weight is 201 g/mol. The van der Waals surface area contributed by atoms with Crippen molar-refractivity contribution in [2.75, 3.05) is 0 Å². The minimum absolute atomic E-state index is 0. The van der Waals surface area contributed by atoms with Gasteiger partial charge in [0, 0.05) is 5.02 Å². The smallest absolute Gasteiger partial charge is 0.0406 e. The second kappa shape index (κ2) is 8.12. The summed E-state index contributed by atoms with van der Waals surface area (Å²) in [6.07, 6.45) is 0. The molecule has 0 radical (unpaired) electrons. The molecule has 0 aliphatic heterocycles. The van der Waals surface area contributed by atoms with Gasteiger partial charge >= 0.3 is 0 Å². The van der Waals surface area contributed by atoms with Gasteiger partial charge in [-0.05, 0) is 23.6 Å². The van der Waals surface area contributed by atoms with Gasteiger partial charge < -0.3 is 0 Å². The second-order valence-corrected chi connectivity index (χ2v) is 3.14. The van der Waals surface area contributed by atoms with Crippen LogP contribution in [0.25, 0.3) is 0 Å². The van der Waals surface area contributed by atoms with Gasteiger partial charge in [-0.1, -0.05) is 58.9 Å². The first-order valence-electron chi connectivity index (χ1n) is 4.45. The lowest BCUT2D eigenvalue weighted by Crippen LogP contribution is -1.84. The highest BCUT2D eigenvalue weighted by Crippen LogP contribution is 2.16. The van der Waals surface area contributed by atoms with Crippen molar-refractivity contribution in [3.63, 3.8) is 0 Å². The van der Waals surface area contributed by atoms with Crippen LogP contribution in [-0.2, 0) is 0 Å². The van der Waals surface area contributed by atoms with E-state index in [-0.39, 0.29) is 7.43 Å². The molecule has 76 valence electrons. The monoisotopic (exact) mass is 200 g/mol. The van der Waals surface area contributed by atoms with Crippen LogP contribution in [0.5, 0.6) is 0 Å². The van der Waals surface area contributed by atoms with Crippen molar-refractivity contribution in [1.29, 1.82) is 0 Å². The van der Waals surface area contributed by atoms with Gasteiger partial charge in [-0.25, -0.2) is 0 Å². The maximum Gasteiger partial charge on any atom is 0.0406 e. The zero-order valence-electron chi connectivity index (χ0n) is 8.26. The summed E-state index contributed by atoms with van der Waals surface area (Å²) < 4.78 is 0. The number of halogens is 1. The number of rotatable bonds is 1. The lowest BCUT2D eigenvalue weighted by Gasteiger charge is -2.03. The van der Waals surface area contributed by atoms with Gasteiger partial charge in [0.15, 0.2) is 0 Å². The number of hydrogen-bond donors (Lipinski definition) is 0. The molecule has 13 heavy (non-hydrogen) atoms. The van der Waals surface area contributed by atoms with Gasteiger partial charge in [-0.3, -0.25) is 0 Å². The van der Waals surface area contributed by atoms with Crippen LogP contribution in [0.2, 0.25) is 5.02 Å². The molecule has 0 aliphatic carbocycles. The van der Waals surface area contributed by atoms with Gasteiger partial charge in [0.1, 0.15) is 0 Å². The zero-order chi connectivity index (χ0) is 9.56. The standard InChI is InChI=1S/C9H11Cl.C2H6.CH4/c1-7(2)8-3-5-9(10)6-4-8;1-2;/h3-7H,1-2H3;1-2H3;1H4. The average Bonchev–Trinajstić information content (AvgIpc) is 2.09. The predicted octanol–water partition coefficient (Wildman–Crippen LogP) is 5.13. The molecular formula is C12H21Cl. The third-order valence-corrected chi connectivity index (χ3v) is 1.79. The summed E-state index contributed by atoms with van der Waals surface area (Å²) in [5.41, 5.74) is 1.34. The van der Waals surface area contributed by atoms with Crippen LogP contribution in [-0.4, -0.2) is 0 Å². The van der Waals surface area contributed by atoms with Crippen molar-refractivity contribution in [3.05, 3.63) is 34.9 Å². The fourth-order valence-electron chi connectivity index (χ4n) is 0.848. The minimum atomic E-state index is 0. The Morgan fingerprint density at radius 1 is 1.00 bits per heavy atom. The molecule has 1 rings (SSSR count). The zero-order valence-corrected chi connectivity index (χ0v) is 9.02. The summed E-state index contributed by atoms with van der Waals surface area (Å²) in [7, 11) is 0. The lowest BCUT2D eigenvalue weighted by molar-refractivity contribution is 0.867. The largest absolute Gasteiger partial charge is 0.0843 e. The Labute approximate surface area is 87.9 Å². The highest BCUT2D eigenvalue weighted by atomic mass is 35.5. The van der Waals surface area contributed by atoms with E-state index in [1.807, 2.05) is 26.0 Å². The van der Waals surface area contributed by atoms with E-state index in [4.69, 9.17) is 11.6 Å². The van der Waals surface area contributed by atoms with E-state index in [1.54, 1.807) is 0 Å². The molecule has 0 fully saturated rings. The fraction of sp³-hybridized carbons (Fsp3) is 0.500. The number of benzene rings is 1. The van der Waals surface area contributed by atoms with Crippen molar-refractivity contribution in [1.82, 2.24) is 0 Å². The quantitative estimate of drug-likeness (QED) is 0.590. The van der Waals surface area contributed by atoms with Gasteiger partial charge in [-0.15, -0.1) is 0 Å². The summed E-state index contributed by atoms with van der Waals surface area (Å²) in [5, 5.41) is 0.810. The molecule has 1 aromatic carbocycles. The molecule has 0 N–H and O–H groups in total. The molecule has 0 atom stereocenters. The molecule has 0 nitrogen and oxygen atoms in total. The summed E-state index contributed by atoms with van der Waals surface area (Å²) >= 11 is 5.72. The third-order valence-electron chi connectivity index (χ3n) is 1.54. The first-order valence-corrected chi connectivity index (χ1v) is 4.83. The van der Waals surface area contributed by atoms with E-state index in [2.05, 4.69) is 26.0 Å². The van der Waals surface area contributed by atoms with Crippen LogP contribution < -0.4 is 0 Å². The molecular weight excluding hydrogens is 180 g/mol. The summed E-state index contributed by atoms with van der Waals surface area (Å²) in [4.78, 5) is 0.